The number of nitrogens with two attached hydrogens (primary N) is 1. The zero-order valence-corrected chi connectivity index (χ0v) is 14.8. The second kappa shape index (κ2) is 6.36. The highest BCUT2D eigenvalue weighted by Gasteiger charge is 2.24. The fourth-order valence-electron chi connectivity index (χ4n) is 3.50. The minimum atomic E-state index is 0.271. The van der Waals surface area contributed by atoms with E-state index < -0.39 is 0 Å². The molecule has 5 heteroatoms. The van der Waals surface area contributed by atoms with Gasteiger partial charge in [0.2, 0.25) is 6.79 Å². The van der Waals surface area contributed by atoms with Crippen LogP contribution in [0.5, 0.6) is 11.5 Å². The second-order valence-corrected chi connectivity index (χ2v) is 6.64. The van der Waals surface area contributed by atoms with Crippen molar-refractivity contribution >= 4 is 17.1 Å². The Morgan fingerprint density at radius 2 is 1.63 bits per heavy atom. The average Bonchev–Trinajstić information content (AvgIpc) is 3.08. The first-order valence-electron chi connectivity index (χ1n) is 8.98. The monoisotopic (exact) mass is 357 g/mol. The van der Waals surface area contributed by atoms with Crippen LogP contribution < -0.4 is 20.2 Å². The van der Waals surface area contributed by atoms with Crippen LogP contribution in [0.3, 0.4) is 0 Å². The number of hydrogen-bond donors (Lipinski definition) is 1. The number of nitrogen functional groups attached to an aromatic ring is 1. The molecule has 27 heavy (non-hydrogen) atoms. The van der Waals surface area contributed by atoms with Crippen LogP contribution in [0.2, 0.25) is 0 Å². The molecule has 2 aliphatic heterocycles. The van der Waals surface area contributed by atoms with Gasteiger partial charge in [-0.15, -0.1) is 0 Å². The SMILES string of the molecule is Nc1ccc(N2CCc3cc4c(cc3C(c3ccccc3)=N2)OCO4)cc1. The van der Waals surface area contributed by atoms with Crippen molar-refractivity contribution in [1.29, 1.82) is 0 Å². The van der Waals surface area contributed by atoms with E-state index >= 15 is 0 Å². The first kappa shape index (κ1) is 15.8. The highest BCUT2D eigenvalue weighted by Crippen LogP contribution is 2.37. The molecule has 5 nitrogen and oxygen atoms in total. The summed E-state index contributed by atoms with van der Waals surface area (Å²) in [4.78, 5) is 0. The minimum absolute atomic E-state index is 0.271. The van der Waals surface area contributed by atoms with Crippen molar-refractivity contribution in [2.24, 2.45) is 5.10 Å². The first-order chi connectivity index (χ1) is 13.3. The number of nitrogens with zero attached hydrogens (tertiary/aromatic N) is 2. The Labute approximate surface area is 157 Å². The average molecular weight is 357 g/mol. The molecule has 0 aliphatic carbocycles. The van der Waals surface area contributed by atoms with Gasteiger partial charge < -0.3 is 15.2 Å². The molecule has 5 rings (SSSR count). The van der Waals surface area contributed by atoms with Crippen LogP contribution >= 0.6 is 0 Å². The predicted molar refractivity (Wildman–Crippen MR) is 107 cm³/mol. The molecule has 2 aliphatic rings. The molecule has 0 radical (unpaired) electrons. The van der Waals surface area contributed by atoms with E-state index in [1.54, 1.807) is 0 Å². The van der Waals surface area contributed by atoms with Crippen LogP contribution in [0.25, 0.3) is 0 Å². The number of anilines is 2. The molecule has 0 saturated carbocycles. The molecule has 0 aromatic heterocycles. The predicted octanol–water partition coefficient (Wildman–Crippen LogP) is 3.81. The van der Waals surface area contributed by atoms with E-state index in [-0.39, 0.29) is 6.79 Å². The number of hydrogen-bond acceptors (Lipinski definition) is 5. The van der Waals surface area contributed by atoms with E-state index in [1.165, 1.54) is 5.56 Å². The Morgan fingerprint density at radius 1 is 0.889 bits per heavy atom. The summed E-state index contributed by atoms with van der Waals surface area (Å²) in [5.41, 5.74) is 11.9. The topological polar surface area (TPSA) is 60.1 Å². The van der Waals surface area contributed by atoms with Crippen LogP contribution in [-0.4, -0.2) is 19.0 Å². The maximum absolute atomic E-state index is 5.85. The van der Waals surface area contributed by atoms with Gasteiger partial charge in [-0.25, -0.2) is 0 Å². The molecule has 0 saturated heterocycles. The molecule has 0 fully saturated rings. The van der Waals surface area contributed by atoms with Crippen molar-refractivity contribution in [2.45, 2.75) is 6.42 Å². The summed E-state index contributed by atoms with van der Waals surface area (Å²) >= 11 is 0. The van der Waals surface area contributed by atoms with Gasteiger partial charge in [0.05, 0.1) is 11.4 Å². The third-order valence-corrected chi connectivity index (χ3v) is 4.91. The van der Waals surface area contributed by atoms with E-state index in [1.807, 2.05) is 47.5 Å². The summed E-state index contributed by atoms with van der Waals surface area (Å²) < 4.78 is 11.2. The van der Waals surface area contributed by atoms with Gasteiger partial charge in [-0.1, -0.05) is 30.3 Å². The molecule has 0 amide bonds. The van der Waals surface area contributed by atoms with E-state index in [0.717, 1.165) is 52.7 Å². The highest BCUT2D eigenvalue weighted by molar-refractivity contribution is 6.14. The third-order valence-electron chi connectivity index (χ3n) is 4.91. The lowest BCUT2D eigenvalue weighted by Gasteiger charge is -2.18. The fraction of sp³-hybridized carbons (Fsp3) is 0.136. The standard InChI is InChI=1S/C22H19N3O2/c23-17-6-8-18(9-7-17)25-11-10-16-12-20-21(27-14-26-20)13-19(16)22(24-25)15-4-2-1-3-5-15/h1-9,12-13H,10-11,14,23H2. The Morgan fingerprint density at radius 3 is 2.41 bits per heavy atom. The molecule has 0 spiro atoms. The molecule has 134 valence electrons. The summed E-state index contributed by atoms with van der Waals surface area (Å²) in [7, 11) is 0. The maximum Gasteiger partial charge on any atom is 0.231 e. The lowest BCUT2D eigenvalue weighted by atomic mass is 9.95. The maximum atomic E-state index is 5.85. The number of benzene rings is 3. The van der Waals surface area contributed by atoms with Gasteiger partial charge >= 0.3 is 0 Å². The summed E-state index contributed by atoms with van der Waals surface area (Å²) in [6, 6.07) is 22.2. The first-order valence-corrected chi connectivity index (χ1v) is 8.98. The van der Waals surface area contributed by atoms with Crippen LogP contribution in [0.4, 0.5) is 11.4 Å². The second-order valence-electron chi connectivity index (χ2n) is 6.64. The van der Waals surface area contributed by atoms with Gasteiger partial charge in [-0.2, -0.15) is 5.10 Å². The Hall–Kier alpha value is -3.47. The van der Waals surface area contributed by atoms with Gasteiger partial charge in [0.1, 0.15) is 0 Å². The summed E-state index contributed by atoms with van der Waals surface area (Å²) in [6.45, 7) is 1.04. The zero-order valence-electron chi connectivity index (χ0n) is 14.8. The number of hydrazone groups is 1. The minimum Gasteiger partial charge on any atom is -0.454 e. The van der Waals surface area contributed by atoms with Crippen LogP contribution in [-0.2, 0) is 6.42 Å². The van der Waals surface area contributed by atoms with Crippen molar-refractivity contribution in [1.82, 2.24) is 0 Å². The van der Waals surface area contributed by atoms with E-state index in [2.05, 4.69) is 24.3 Å². The Balaban J connectivity index is 1.66. The molecule has 0 unspecified atom stereocenters. The molecular weight excluding hydrogens is 338 g/mol. The lowest BCUT2D eigenvalue weighted by molar-refractivity contribution is 0.174. The molecule has 3 aromatic rings. The molecule has 0 bridgehead atoms. The smallest absolute Gasteiger partial charge is 0.231 e. The van der Waals surface area contributed by atoms with E-state index in [9.17, 15) is 0 Å². The normalized spacial score (nSPS) is 15.1. The zero-order chi connectivity index (χ0) is 18.2. The Kier molecular flexibility index (Phi) is 3.71. The number of rotatable bonds is 2. The molecule has 2 heterocycles. The van der Waals surface area contributed by atoms with E-state index in [4.69, 9.17) is 20.3 Å². The van der Waals surface area contributed by atoms with Gasteiger partial charge in [0, 0.05) is 23.4 Å². The van der Waals surface area contributed by atoms with Gasteiger partial charge in [0.15, 0.2) is 11.5 Å². The third kappa shape index (κ3) is 2.87. The number of fused-ring (bicyclic) bond motifs is 2. The van der Waals surface area contributed by atoms with Crippen molar-refractivity contribution < 1.29 is 9.47 Å². The van der Waals surface area contributed by atoms with Crippen LogP contribution in [0, 0.1) is 0 Å². The van der Waals surface area contributed by atoms with Gasteiger partial charge in [-0.3, -0.25) is 5.01 Å². The number of ether oxygens (including phenoxy) is 2. The van der Waals surface area contributed by atoms with Crippen molar-refractivity contribution in [3.05, 3.63) is 83.4 Å². The lowest BCUT2D eigenvalue weighted by Crippen LogP contribution is -2.19. The van der Waals surface area contributed by atoms with E-state index in [0.29, 0.717) is 0 Å². The highest BCUT2D eigenvalue weighted by atomic mass is 16.7. The van der Waals surface area contributed by atoms with Crippen molar-refractivity contribution in [3.63, 3.8) is 0 Å². The quantitative estimate of drug-likeness (QED) is 0.709. The molecular formula is C22H19N3O2. The summed E-state index contributed by atoms with van der Waals surface area (Å²) in [5, 5.41) is 7.06. The van der Waals surface area contributed by atoms with Crippen molar-refractivity contribution in [3.8, 4) is 11.5 Å². The van der Waals surface area contributed by atoms with Gasteiger partial charge in [-0.05, 0) is 48.4 Å². The molecule has 3 aromatic carbocycles. The fourth-order valence-corrected chi connectivity index (χ4v) is 3.50. The largest absolute Gasteiger partial charge is 0.454 e. The Bertz CT molecular complexity index is 1010. The van der Waals surface area contributed by atoms with Crippen molar-refractivity contribution in [2.75, 3.05) is 24.1 Å². The molecule has 0 atom stereocenters. The summed E-state index contributed by atoms with van der Waals surface area (Å²) in [6.07, 6.45) is 0.857. The molecule has 2 N–H and O–H groups in total. The van der Waals surface area contributed by atoms with Crippen LogP contribution in [0.1, 0.15) is 16.7 Å². The van der Waals surface area contributed by atoms with Gasteiger partial charge in [0.25, 0.3) is 0 Å². The van der Waals surface area contributed by atoms with Crippen LogP contribution in [0.15, 0.2) is 71.8 Å². The summed E-state index contributed by atoms with van der Waals surface area (Å²) in [5.74, 6) is 1.58.